The number of anilines is 3. The first kappa shape index (κ1) is 19.7. The maximum atomic E-state index is 7.04. The summed E-state index contributed by atoms with van der Waals surface area (Å²) in [6.07, 6.45) is 3.07. The van der Waals surface area contributed by atoms with Gasteiger partial charge in [0.2, 0.25) is 5.72 Å². The maximum Gasteiger partial charge on any atom is 0.228 e. The average molecular weight is 446 g/mol. The largest absolute Gasteiger partial charge is 0.459 e. The van der Waals surface area contributed by atoms with Gasteiger partial charge in [-0.3, -0.25) is 4.99 Å². The summed E-state index contributed by atoms with van der Waals surface area (Å²) in [6, 6.07) is 28.1. The second kappa shape index (κ2) is 6.63. The molecule has 4 nitrogen and oxygen atoms in total. The average Bonchev–Trinajstić information content (AvgIpc) is 3.36. The van der Waals surface area contributed by atoms with Crippen molar-refractivity contribution in [3.05, 3.63) is 90.0 Å². The van der Waals surface area contributed by atoms with E-state index in [4.69, 9.17) is 9.73 Å². The van der Waals surface area contributed by atoms with Crippen molar-refractivity contribution < 1.29 is 4.74 Å². The molecule has 34 heavy (non-hydrogen) atoms. The molecule has 3 aliphatic rings. The predicted molar refractivity (Wildman–Crippen MR) is 140 cm³/mol. The summed E-state index contributed by atoms with van der Waals surface area (Å²) in [7, 11) is 2.11. The van der Waals surface area contributed by atoms with Crippen molar-refractivity contribution in [2.45, 2.75) is 31.4 Å². The number of aliphatic imine (C=N–C) groups is 1. The molecule has 0 fully saturated rings. The Morgan fingerprint density at radius 2 is 1.53 bits per heavy atom. The van der Waals surface area contributed by atoms with E-state index >= 15 is 0 Å². The molecule has 0 saturated heterocycles. The van der Waals surface area contributed by atoms with Gasteiger partial charge in [-0.2, -0.15) is 0 Å². The number of ether oxygens (including phenoxy) is 1. The van der Waals surface area contributed by atoms with Crippen LogP contribution in [0.3, 0.4) is 0 Å². The van der Waals surface area contributed by atoms with Crippen LogP contribution in [0.25, 0.3) is 10.8 Å². The number of para-hydroxylation sites is 2. The van der Waals surface area contributed by atoms with E-state index in [-0.39, 0.29) is 5.41 Å². The van der Waals surface area contributed by atoms with Crippen LogP contribution in [-0.2, 0) is 11.8 Å². The number of nitrogens with zero attached hydrogens (tertiary/aromatic N) is 3. The van der Waals surface area contributed by atoms with Crippen LogP contribution in [-0.4, -0.2) is 25.5 Å². The van der Waals surface area contributed by atoms with Gasteiger partial charge in [-0.05, 0) is 43.5 Å². The molecule has 4 aromatic rings. The zero-order chi connectivity index (χ0) is 23.1. The molecule has 1 atom stereocenters. The van der Waals surface area contributed by atoms with E-state index in [1.807, 2.05) is 6.21 Å². The normalized spacial score (nSPS) is 21.5. The fourth-order valence-corrected chi connectivity index (χ4v) is 6.21. The van der Waals surface area contributed by atoms with Crippen LogP contribution in [0, 0.1) is 0 Å². The molecule has 0 N–H and O–H groups in total. The SMILES string of the molecule is CN1c2ccccc2C(C)(C)[C@]12C=Nc1c(cc(N3CCc4ccccc43)c3ccccc13)O2. The fourth-order valence-electron chi connectivity index (χ4n) is 6.21. The highest BCUT2D eigenvalue weighted by Crippen LogP contribution is 2.55. The number of fused-ring (bicyclic) bond motifs is 5. The number of likely N-dealkylation sites (N-methyl/N-ethyl adjacent to an activating group) is 1. The number of rotatable bonds is 1. The number of hydrogen-bond acceptors (Lipinski definition) is 4. The lowest BCUT2D eigenvalue weighted by atomic mass is 9.77. The molecule has 0 aromatic heterocycles. The summed E-state index contributed by atoms with van der Waals surface area (Å²) >= 11 is 0. The zero-order valence-electron chi connectivity index (χ0n) is 19.7. The quantitative estimate of drug-likeness (QED) is 0.324. The van der Waals surface area contributed by atoms with Gasteiger partial charge in [-0.15, -0.1) is 0 Å². The molecular formula is C30H27N3O. The van der Waals surface area contributed by atoms with Gasteiger partial charge in [0.15, 0.2) is 5.75 Å². The smallest absolute Gasteiger partial charge is 0.228 e. The van der Waals surface area contributed by atoms with Gasteiger partial charge in [0.05, 0.1) is 17.3 Å². The lowest BCUT2D eigenvalue weighted by Gasteiger charge is -2.45. The highest BCUT2D eigenvalue weighted by molar-refractivity contribution is 6.07. The van der Waals surface area contributed by atoms with Crippen molar-refractivity contribution in [1.82, 2.24) is 0 Å². The predicted octanol–water partition coefficient (Wildman–Crippen LogP) is 6.75. The highest BCUT2D eigenvalue weighted by Gasteiger charge is 2.58. The van der Waals surface area contributed by atoms with Gasteiger partial charge in [-0.1, -0.05) is 60.7 Å². The third-order valence-electron chi connectivity index (χ3n) is 8.10. The summed E-state index contributed by atoms with van der Waals surface area (Å²) in [5.41, 5.74) is 6.29. The van der Waals surface area contributed by atoms with Crippen LogP contribution in [0.1, 0.15) is 25.0 Å². The van der Waals surface area contributed by atoms with E-state index in [2.05, 4.69) is 110 Å². The number of benzene rings is 4. The molecule has 4 aromatic carbocycles. The Balaban J connectivity index is 1.43. The minimum Gasteiger partial charge on any atom is -0.459 e. The lowest BCUT2D eigenvalue weighted by molar-refractivity contribution is 0.0827. The van der Waals surface area contributed by atoms with Crippen molar-refractivity contribution in [3.63, 3.8) is 0 Å². The van der Waals surface area contributed by atoms with Crippen molar-refractivity contribution in [3.8, 4) is 5.75 Å². The summed E-state index contributed by atoms with van der Waals surface area (Å²) in [5.74, 6) is 0.841. The Kier molecular flexibility index (Phi) is 3.83. The van der Waals surface area contributed by atoms with Gasteiger partial charge in [0.25, 0.3) is 0 Å². The van der Waals surface area contributed by atoms with Crippen molar-refractivity contribution >= 4 is 39.7 Å². The molecule has 0 radical (unpaired) electrons. The van der Waals surface area contributed by atoms with Crippen molar-refractivity contribution in [2.24, 2.45) is 4.99 Å². The van der Waals surface area contributed by atoms with E-state index in [1.54, 1.807) is 0 Å². The first-order chi connectivity index (χ1) is 16.5. The van der Waals surface area contributed by atoms with Gasteiger partial charge < -0.3 is 14.5 Å². The first-order valence-corrected chi connectivity index (χ1v) is 12.0. The molecular weight excluding hydrogens is 418 g/mol. The van der Waals surface area contributed by atoms with Crippen LogP contribution in [0.4, 0.5) is 22.7 Å². The minimum atomic E-state index is -0.688. The van der Waals surface area contributed by atoms with Crippen molar-refractivity contribution in [2.75, 3.05) is 23.4 Å². The molecule has 0 unspecified atom stereocenters. The summed E-state index contributed by atoms with van der Waals surface area (Å²) in [5, 5.41) is 2.33. The molecule has 7 rings (SSSR count). The van der Waals surface area contributed by atoms with Crippen molar-refractivity contribution in [1.29, 1.82) is 0 Å². The second-order valence-electron chi connectivity index (χ2n) is 10.1. The second-order valence-corrected chi connectivity index (χ2v) is 10.1. The van der Waals surface area contributed by atoms with Crippen LogP contribution in [0.5, 0.6) is 5.75 Å². The molecule has 4 heteroatoms. The van der Waals surface area contributed by atoms with E-state index < -0.39 is 5.72 Å². The van der Waals surface area contributed by atoms with E-state index in [1.165, 1.54) is 33.6 Å². The summed E-state index contributed by atoms with van der Waals surface area (Å²) < 4.78 is 7.04. The van der Waals surface area contributed by atoms with Gasteiger partial charge in [0.1, 0.15) is 5.69 Å². The monoisotopic (exact) mass is 445 g/mol. The Morgan fingerprint density at radius 1 is 0.824 bits per heavy atom. The fraction of sp³-hybridized carbons (Fsp3) is 0.233. The van der Waals surface area contributed by atoms with Crippen LogP contribution >= 0.6 is 0 Å². The molecule has 0 aliphatic carbocycles. The Bertz CT molecular complexity index is 1500. The third kappa shape index (κ3) is 2.35. The standard InChI is InChI=1S/C30H27N3O/c1-29(2)23-13-7-9-15-25(23)32(3)30(29)19-31-28-22-12-6-5-11-21(22)26(18-27(28)34-30)33-17-16-20-10-4-8-14-24(20)33/h4-15,18-19H,16-17H2,1-3H3/t30-/m1/s1. The lowest BCUT2D eigenvalue weighted by Crippen LogP contribution is -2.61. The van der Waals surface area contributed by atoms with Crippen LogP contribution in [0.2, 0.25) is 0 Å². The molecule has 0 saturated carbocycles. The minimum absolute atomic E-state index is 0.272. The first-order valence-electron chi connectivity index (χ1n) is 12.0. The third-order valence-corrected chi connectivity index (χ3v) is 8.10. The topological polar surface area (TPSA) is 28.1 Å². The Morgan fingerprint density at radius 3 is 2.35 bits per heavy atom. The zero-order valence-corrected chi connectivity index (χ0v) is 19.7. The Hall–Kier alpha value is -3.79. The maximum absolute atomic E-state index is 7.04. The Labute approximate surface area is 200 Å². The molecule has 3 aliphatic heterocycles. The van der Waals surface area contributed by atoms with Crippen LogP contribution < -0.4 is 14.5 Å². The van der Waals surface area contributed by atoms with Gasteiger partial charge >= 0.3 is 0 Å². The van der Waals surface area contributed by atoms with E-state index in [0.717, 1.165) is 29.8 Å². The number of hydrogen-bond donors (Lipinski definition) is 0. The molecule has 168 valence electrons. The van der Waals surface area contributed by atoms with Gasteiger partial charge in [-0.25, -0.2) is 0 Å². The molecule has 1 spiro atoms. The molecule has 0 bridgehead atoms. The highest BCUT2D eigenvalue weighted by atomic mass is 16.5. The summed E-state index contributed by atoms with van der Waals surface area (Å²) in [6.45, 7) is 5.48. The van der Waals surface area contributed by atoms with Gasteiger partial charge in [0, 0.05) is 41.8 Å². The molecule has 3 heterocycles. The molecule has 0 amide bonds. The van der Waals surface area contributed by atoms with E-state index in [9.17, 15) is 0 Å². The van der Waals surface area contributed by atoms with Crippen LogP contribution in [0.15, 0.2) is 83.9 Å². The van der Waals surface area contributed by atoms with E-state index in [0.29, 0.717) is 0 Å². The summed E-state index contributed by atoms with van der Waals surface area (Å²) in [4.78, 5) is 9.77.